The maximum atomic E-state index is 12.4. The predicted octanol–water partition coefficient (Wildman–Crippen LogP) is 3.64. The molecule has 0 bridgehead atoms. The van der Waals surface area contributed by atoms with Crippen LogP contribution in [0.2, 0.25) is 0 Å². The molecule has 0 aliphatic carbocycles. The molecule has 0 aliphatic rings. The molecule has 0 unspecified atom stereocenters. The number of aryl methyl sites for hydroxylation is 2. The van der Waals surface area contributed by atoms with Crippen molar-refractivity contribution in [2.75, 3.05) is 4.72 Å². The van der Waals surface area contributed by atoms with E-state index in [0.717, 1.165) is 28.2 Å². The van der Waals surface area contributed by atoms with Crippen LogP contribution in [0.3, 0.4) is 0 Å². The van der Waals surface area contributed by atoms with Gasteiger partial charge in [0.05, 0.1) is 17.6 Å². The number of sulfonamides is 1. The van der Waals surface area contributed by atoms with E-state index in [-0.39, 0.29) is 5.75 Å². The number of benzene rings is 2. The number of nitrogens with zero attached hydrogens (tertiary/aromatic N) is 1. The number of hydrogen-bond donors (Lipinski definition) is 2. The van der Waals surface area contributed by atoms with E-state index in [0.29, 0.717) is 5.69 Å². The molecule has 6 heteroatoms. The fraction of sp³-hybridized carbons (Fsp3) is 0.167. The van der Waals surface area contributed by atoms with Gasteiger partial charge >= 0.3 is 0 Å². The summed E-state index contributed by atoms with van der Waals surface area (Å²) in [6.07, 6.45) is 1.76. The van der Waals surface area contributed by atoms with Gasteiger partial charge in [-0.3, -0.25) is 4.72 Å². The van der Waals surface area contributed by atoms with Gasteiger partial charge in [-0.2, -0.15) is 0 Å². The highest BCUT2D eigenvalue weighted by molar-refractivity contribution is 7.91. The molecule has 0 radical (unpaired) electrons. The molecule has 1 heterocycles. The molecule has 0 saturated carbocycles. The zero-order valence-corrected chi connectivity index (χ0v) is 14.4. The molecule has 124 valence electrons. The molecule has 0 saturated heterocycles. The summed E-state index contributed by atoms with van der Waals surface area (Å²) in [5.41, 5.74) is 4.17. The Morgan fingerprint density at radius 2 is 1.75 bits per heavy atom. The van der Waals surface area contributed by atoms with Crippen LogP contribution in [0.1, 0.15) is 17.0 Å². The second-order valence-corrected chi connectivity index (χ2v) is 7.47. The van der Waals surface area contributed by atoms with E-state index in [4.69, 9.17) is 0 Å². The number of nitrogens with one attached hydrogen (secondary N) is 2. The minimum Gasteiger partial charge on any atom is -0.342 e. The highest BCUT2D eigenvalue weighted by atomic mass is 32.2. The number of aromatic amines is 1. The Kier molecular flexibility index (Phi) is 4.40. The summed E-state index contributed by atoms with van der Waals surface area (Å²) in [6, 6.07) is 14.7. The topological polar surface area (TPSA) is 74.8 Å². The standard InChI is InChI=1S/C18H19N3O2S/c1-13-5-3-4-6-16(13)12-24(22,23)21-17-9-7-15(8-10-17)18-11-19-14(2)20-18/h3-11,21H,12H2,1-2H3,(H,19,20). The normalized spacial score (nSPS) is 11.4. The van der Waals surface area contributed by atoms with Crippen LogP contribution in [0.5, 0.6) is 0 Å². The van der Waals surface area contributed by atoms with E-state index in [1.807, 2.05) is 50.2 Å². The summed E-state index contributed by atoms with van der Waals surface area (Å²) < 4.78 is 27.3. The molecular formula is C18H19N3O2S. The Balaban J connectivity index is 1.74. The summed E-state index contributed by atoms with van der Waals surface area (Å²) in [6.45, 7) is 3.80. The van der Waals surface area contributed by atoms with Crippen LogP contribution >= 0.6 is 0 Å². The summed E-state index contributed by atoms with van der Waals surface area (Å²) in [5, 5.41) is 0. The van der Waals surface area contributed by atoms with Crippen molar-refractivity contribution in [3.63, 3.8) is 0 Å². The predicted molar refractivity (Wildman–Crippen MR) is 96.2 cm³/mol. The molecule has 0 atom stereocenters. The van der Waals surface area contributed by atoms with Gasteiger partial charge in [0, 0.05) is 5.69 Å². The van der Waals surface area contributed by atoms with Crippen molar-refractivity contribution in [2.45, 2.75) is 19.6 Å². The van der Waals surface area contributed by atoms with Gasteiger partial charge in [-0.25, -0.2) is 13.4 Å². The van der Waals surface area contributed by atoms with E-state index in [1.165, 1.54) is 0 Å². The first kappa shape index (κ1) is 16.3. The van der Waals surface area contributed by atoms with Crippen LogP contribution < -0.4 is 4.72 Å². The minimum atomic E-state index is -3.45. The molecule has 3 aromatic rings. The number of imidazole rings is 1. The average Bonchev–Trinajstić information content (AvgIpc) is 2.96. The lowest BCUT2D eigenvalue weighted by atomic mass is 10.1. The van der Waals surface area contributed by atoms with Crippen LogP contribution in [0.25, 0.3) is 11.3 Å². The maximum Gasteiger partial charge on any atom is 0.236 e. The summed E-state index contributed by atoms with van der Waals surface area (Å²) >= 11 is 0. The summed E-state index contributed by atoms with van der Waals surface area (Å²) in [5.74, 6) is 0.800. The second kappa shape index (κ2) is 6.49. The van der Waals surface area contributed by atoms with Gasteiger partial charge < -0.3 is 4.98 Å². The molecule has 0 fully saturated rings. The fourth-order valence-electron chi connectivity index (χ4n) is 2.48. The van der Waals surface area contributed by atoms with Crippen molar-refractivity contribution >= 4 is 15.7 Å². The summed E-state index contributed by atoms with van der Waals surface area (Å²) in [4.78, 5) is 7.31. The van der Waals surface area contributed by atoms with Crippen LogP contribution in [0, 0.1) is 13.8 Å². The van der Waals surface area contributed by atoms with Crippen LogP contribution in [-0.2, 0) is 15.8 Å². The van der Waals surface area contributed by atoms with E-state index in [2.05, 4.69) is 14.7 Å². The smallest absolute Gasteiger partial charge is 0.236 e. The fourth-order valence-corrected chi connectivity index (χ4v) is 3.78. The Morgan fingerprint density at radius 1 is 1.04 bits per heavy atom. The lowest BCUT2D eigenvalue weighted by Crippen LogP contribution is -2.15. The van der Waals surface area contributed by atoms with Gasteiger partial charge in [0.1, 0.15) is 5.82 Å². The monoisotopic (exact) mass is 341 g/mol. The van der Waals surface area contributed by atoms with E-state index in [9.17, 15) is 8.42 Å². The van der Waals surface area contributed by atoms with Crippen molar-refractivity contribution < 1.29 is 8.42 Å². The SMILES string of the molecule is Cc1ncc(-c2ccc(NS(=O)(=O)Cc3ccccc3C)cc2)[nH]1. The molecule has 5 nitrogen and oxygen atoms in total. The molecule has 0 spiro atoms. The van der Waals surface area contributed by atoms with Crippen molar-refractivity contribution in [2.24, 2.45) is 0 Å². The molecule has 24 heavy (non-hydrogen) atoms. The van der Waals surface area contributed by atoms with Crippen LogP contribution in [-0.4, -0.2) is 18.4 Å². The van der Waals surface area contributed by atoms with E-state index < -0.39 is 10.0 Å². The lowest BCUT2D eigenvalue weighted by molar-refractivity contribution is 0.600. The van der Waals surface area contributed by atoms with Gasteiger partial charge in [-0.1, -0.05) is 36.4 Å². The highest BCUT2D eigenvalue weighted by Gasteiger charge is 2.13. The van der Waals surface area contributed by atoms with Crippen molar-refractivity contribution in [3.05, 3.63) is 71.7 Å². The number of anilines is 1. The number of rotatable bonds is 5. The van der Waals surface area contributed by atoms with Gasteiger partial charge in [0.15, 0.2) is 0 Å². The van der Waals surface area contributed by atoms with E-state index >= 15 is 0 Å². The molecular weight excluding hydrogens is 322 g/mol. The molecule has 2 aromatic carbocycles. The minimum absolute atomic E-state index is 0.0405. The van der Waals surface area contributed by atoms with Crippen LogP contribution in [0.4, 0.5) is 5.69 Å². The number of H-pyrrole nitrogens is 1. The van der Waals surface area contributed by atoms with Gasteiger partial charge in [-0.05, 0) is 42.7 Å². The first-order valence-electron chi connectivity index (χ1n) is 7.60. The zero-order chi connectivity index (χ0) is 17.2. The second-order valence-electron chi connectivity index (χ2n) is 5.75. The summed E-state index contributed by atoms with van der Waals surface area (Å²) in [7, 11) is -3.45. The van der Waals surface area contributed by atoms with Gasteiger partial charge in [-0.15, -0.1) is 0 Å². The third-order valence-corrected chi connectivity index (χ3v) is 5.02. The van der Waals surface area contributed by atoms with Crippen molar-refractivity contribution in [1.82, 2.24) is 9.97 Å². The van der Waals surface area contributed by atoms with Gasteiger partial charge in [0.2, 0.25) is 10.0 Å². The lowest BCUT2D eigenvalue weighted by Gasteiger charge is -2.10. The molecule has 3 rings (SSSR count). The van der Waals surface area contributed by atoms with Gasteiger partial charge in [0.25, 0.3) is 0 Å². The first-order valence-corrected chi connectivity index (χ1v) is 9.25. The van der Waals surface area contributed by atoms with E-state index in [1.54, 1.807) is 18.3 Å². The highest BCUT2D eigenvalue weighted by Crippen LogP contribution is 2.21. The van der Waals surface area contributed by atoms with Crippen molar-refractivity contribution in [1.29, 1.82) is 0 Å². The maximum absolute atomic E-state index is 12.4. The van der Waals surface area contributed by atoms with Crippen molar-refractivity contribution in [3.8, 4) is 11.3 Å². The molecule has 2 N–H and O–H groups in total. The Labute approximate surface area is 141 Å². The number of aromatic nitrogens is 2. The molecule has 0 amide bonds. The third-order valence-electron chi connectivity index (χ3n) is 3.78. The Hall–Kier alpha value is -2.60. The van der Waals surface area contributed by atoms with Crippen LogP contribution in [0.15, 0.2) is 54.7 Å². The average molecular weight is 341 g/mol. The Morgan fingerprint density at radius 3 is 2.38 bits per heavy atom. The third kappa shape index (κ3) is 3.83. The number of hydrogen-bond acceptors (Lipinski definition) is 3. The first-order chi connectivity index (χ1) is 11.4. The molecule has 1 aromatic heterocycles. The Bertz CT molecular complexity index is 944. The largest absolute Gasteiger partial charge is 0.342 e. The quantitative estimate of drug-likeness (QED) is 0.744. The molecule has 0 aliphatic heterocycles. The zero-order valence-electron chi connectivity index (χ0n) is 13.6.